The Morgan fingerprint density at radius 3 is 2.53 bits per heavy atom. The van der Waals surface area contributed by atoms with Crippen LogP contribution in [0.25, 0.3) is 0 Å². The first kappa shape index (κ1) is 14.7. The molecule has 2 heteroatoms. The molecule has 2 unspecified atom stereocenters. The molecule has 0 bridgehead atoms. The summed E-state index contributed by atoms with van der Waals surface area (Å²) in [6, 6.07) is 0. The topological polar surface area (TPSA) is 26.3 Å². The zero-order valence-electron chi connectivity index (χ0n) is 12.1. The minimum absolute atomic E-state index is 0.227. The minimum Gasteiger partial charge on any atom is -0.370 e. The van der Waals surface area contributed by atoms with E-state index < -0.39 is 5.60 Å². The summed E-state index contributed by atoms with van der Waals surface area (Å²) >= 11 is 0. The fourth-order valence-corrected chi connectivity index (χ4v) is 2.77. The average molecular weight is 240 g/mol. The van der Waals surface area contributed by atoms with E-state index >= 15 is 0 Å². The highest BCUT2D eigenvalue weighted by Crippen LogP contribution is 2.37. The van der Waals surface area contributed by atoms with Crippen LogP contribution in [0.15, 0.2) is 0 Å². The van der Waals surface area contributed by atoms with Crippen molar-refractivity contribution in [3.05, 3.63) is 0 Å². The van der Waals surface area contributed by atoms with Crippen LogP contribution in [0.3, 0.4) is 0 Å². The van der Waals surface area contributed by atoms with Gasteiger partial charge in [0.2, 0.25) is 0 Å². The number of carbonyl (C=O) groups excluding carboxylic acids is 1. The summed E-state index contributed by atoms with van der Waals surface area (Å²) in [5.74, 6) is 0.934. The molecule has 0 amide bonds. The normalized spacial score (nSPS) is 30.3. The number of hydrogen-bond acceptors (Lipinski definition) is 2. The predicted octanol–water partition coefficient (Wildman–Crippen LogP) is 3.98. The fraction of sp³-hybridized carbons (Fsp3) is 0.933. The van der Waals surface area contributed by atoms with Crippen LogP contribution in [0.4, 0.5) is 0 Å². The van der Waals surface area contributed by atoms with Crippen molar-refractivity contribution < 1.29 is 9.53 Å². The van der Waals surface area contributed by atoms with Crippen LogP contribution in [-0.2, 0) is 9.53 Å². The maximum atomic E-state index is 12.4. The molecule has 1 rings (SSSR count). The Bertz CT molecular complexity index is 265. The summed E-state index contributed by atoms with van der Waals surface area (Å²) < 4.78 is 5.63. The van der Waals surface area contributed by atoms with Gasteiger partial charge in [0.15, 0.2) is 5.78 Å². The van der Waals surface area contributed by atoms with Gasteiger partial charge in [-0.1, -0.05) is 34.1 Å². The van der Waals surface area contributed by atoms with Gasteiger partial charge < -0.3 is 4.74 Å². The Morgan fingerprint density at radius 1 is 1.41 bits per heavy atom. The van der Waals surface area contributed by atoms with E-state index in [4.69, 9.17) is 4.74 Å². The summed E-state index contributed by atoms with van der Waals surface area (Å²) in [5, 5.41) is 0. The maximum absolute atomic E-state index is 12.4. The molecule has 2 nitrogen and oxygen atoms in total. The monoisotopic (exact) mass is 240 g/mol. The molecule has 0 saturated heterocycles. The standard InChI is InChI=1S/C15H28O2/c1-12-7-6-9-15(11-12,17-5)13(16)8-10-14(2,3)4/h12H,6-11H2,1-5H3. The Hall–Kier alpha value is -0.370. The van der Waals surface area contributed by atoms with E-state index in [1.807, 2.05) is 0 Å². The van der Waals surface area contributed by atoms with Crippen molar-refractivity contribution in [3.63, 3.8) is 0 Å². The molecule has 100 valence electrons. The van der Waals surface area contributed by atoms with Gasteiger partial charge in [0.05, 0.1) is 0 Å². The third kappa shape index (κ3) is 4.09. The highest BCUT2D eigenvalue weighted by atomic mass is 16.5. The first-order valence-corrected chi connectivity index (χ1v) is 6.87. The molecule has 0 aromatic heterocycles. The lowest BCUT2D eigenvalue weighted by atomic mass is 9.74. The van der Waals surface area contributed by atoms with E-state index in [1.165, 1.54) is 6.42 Å². The van der Waals surface area contributed by atoms with Gasteiger partial charge in [-0.15, -0.1) is 0 Å². The van der Waals surface area contributed by atoms with Crippen LogP contribution in [-0.4, -0.2) is 18.5 Å². The second-order valence-corrected chi connectivity index (χ2v) is 6.88. The van der Waals surface area contributed by atoms with Gasteiger partial charge in [0, 0.05) is 13.5 Å². The second-order valence-electron chi connectivity index (χ2n) is 6.88. The average Bonchev–Trinajstić information content (AvgIpc) is 2.24. The molecule has 0 radical (unpaired) electrons. The first-order chi connectivity index (χ1) is 7.79. The molecule has 17 heavy (non-hydrogen) atoms. The number of carbonyl (C=O) groups is 1. The van der Waals surface area contributed by atoms with Crippen LogP contribution in [0.5, 0.6) is 0 Å². The predicted molar refractivity (Wildman–Crippen MR) is 71.1 cm³/mol. The van der Waals surface area contributed by atoms with E-state index in [0.29, 0.717) is 18.1 Å². The van der Waals surface area contributed by atoms with Crippen molar-refractivity contribution in [2.75, 3.05) is 7.11 Å². The van der Waals surface area contributed by atoms with Crippen LogP contribution >= 0.6 is 0 Å². The van der Waals surface area contributed by atoms with Crippen LogP contribution in [0.1, 0.15) is 66.2 Å². The van der Waals surface area contributed by atoms with Crippen molar-refractivity contribution in [2.24, 2.45) is 11.3 Å². The smallest absolute Gasteiger partial charge is 0.164 e. The highest BCUT2D eigenvalue weighted by Gasteiger charge is 2.41. The van der Waals surface area contributed by atoms with Gasteiger partial charge in [0.25, 0.3) is 0 Å². The third-order valence-electron chi connectivity index (χ3n) is 3.96. The number of Topliss-reactive ketones (excluding diaryl/α,β-unsaturated/α-hetero) is 1. The lowest BCUT2D eigenvalue weighted by Crippen LogP contribution is -2.44. The molecule has 0 spiro atoms. The van der Waals surface area contributed by atoms with Crippen LogP contribution in [0.2, 0.25) is 0 Å². The molecular formula is C15H28O2. The highest BCUT2D eigenvalue weighted by molar-refractivity contribution is 5.87. The summed E-state index contributed by atoms with van der Waals surface area (Å²) in [5.41, 5.74) is -0.242. The molecular weight excluding hydrogens is 212 g/mol. The van der Waals surface area contributed by atoms with Gasteiger partial charge in [-0.2, -0.15) is 0 Å². The Morgan fingerprint density at radius 2 is 2.06 bits per heavy atom. The molecule has 0 aromatic rings. The first-order valence-electron chi connectivity index (χ1n) is 6.87. The summed E-state index contributed by atoms with van der Waals surface area (Å²) in [7, 11) is 1.70. The quantitative estimate of drug-likeness (QED) is 0.743. The van der Waals surface area contributed by atoms with Crippen molar-refractivity contribution in [2.45, 2.75) is 71.8 Å². The van der Waals surface area contributed by atoms with Crippen molar-refractivity contribution in [3.8, 4) is 0 Å². The van der Waals surface area contributed by atoms with Crippen LogP contribution in [0, 0.1) is 11.3 Å². The molecule has 0 N–H and O–H groups in total. The van der Waals surface area contributed by atoms with Gasteiger partial charge in [-0.05, 0) is 37.0 Å². The third-order valence-corrected chi connectivity index (χ3v) is 3.96. The van der Waals surface area contributed by atoms with Gasteiger partial charge in [0.1, 0.15) is 5.60 Å². The number of methoxy groups -OCH3 is 1. The second kappa shape index (κ2) is 5.51. The molecule has 1 aliphatic rings. The SMILES string of the molecule is COC1(C(=O)CCC(C)(C)C)CCCC(C)C1. The molecule has 2 atom stereocenters. The van der Waals surface area contributed by atoms with Crippen molar-refractivity contribution in [1.82, 2.24) is 0 Å². The number of ether oxygens (including phenoxy) is 1. The maximum Gasteiger partial charge on any atom is 0.164 e. The van der Waals surface area contributed by atoms with E-state index in [2.05, 4.69) is 27.7 Å². The zero-order valence-corrected chi connectivity index (χ0v) is 12.1. The van der Waals surface area contributed by atoms with Crippen molar-refractivity contribution >= 4 is 5.78 Å². The lowest BCUT2D eigenvalue weighted by Gasteiger charge is -2.38. The summed E-state index contributed by atoms with van der Waals surface area (Å²) in [4.78, 5) is 12.4. The lowest BCUT2D eigenvalue weighted by molar-refractivity contribution is -0.147. The largest absolute Gasteiger partial charge is 0.370 e. The van der Waals surface area contributed by atoms with Gasteiger partial charge >= 0.3 is 0 Å². The molecule has 0 aliphatic heterocycles. The summed E-state index contributed by atoms with van der Waals surface area (Å²) in [6.07, 6.45) is 5.78. The molecule has 1 fully saturated rings. The van der Waals surface area contributed by atoms with Gasteiger partial charge in [-0.25, -0.2) is 0 Å². The van der Waals surface area contributed by atoms with E-state index in [1.54, 1.807) is 7.11 Å². The van der Waals surface area contributed by atoms with E-state index in [-0.39, 0.29) is 5.41 Å². The van der Waals surface area contributed by atoms with Gasteiger partial charge in [-0.3, -0.25) is 4.79 Å². The number of rotatable bonds is 4. The van der Waals surface area contributed by atoms with Crippen molar-refractivity contribution in [1.29, 1.82) is 0 Å². The molecule has 1 saturated carbocycles. The fourth-order valence-electron chi connectivity index (χ4n) is 2.77. The number of ketones is 1. The Kier molecular flexibility index (Phi) is 4.77. The Labute approximate surface area is 106 Å². The van der Waals surface area contributed by atoms with Crippen LogP contribution < -0.4 is 0 Å². The van der Waals surface area contributed by atoms with E-state index in [9.17, 15) is 4.79 Å². The molecule has 0 heterocycles. The van der Waals surface area contributed by atoms with E-state index in [0.717, 1.165) is 25.7 Å². The summed E-state index contributed by atoms with van der Waals surface area (Å²) in [6.45, 7) is 8.78. The molecule has 1 aliphatic carbocycles. The Balaban J connectivity index is 2.63. The minimum atomic E-state index is -0.469. The molecule has 0 aromatic carbocycles. The zero-order chi connectivity index (χ0) is 13.1. The number of hydrogen-bond donors (Lipinski definition) is 0.